The van der Waals surface area contributed by atoms with Gasteiger partial charge in [0.2, 0.25) is 0 Å². The van der Waals surface area contributed by atoms with Crippen molar-refractivity contribution in [3.8, 4) is 0 Å². The number of benzene rings is 1. The van der Waals surface area contributed by atoms with E-state index in [0.717, 1.165) is 11.4 Å². The topological polar surface area (TPSA) is 24.4 Å². The Morgan fingerprint density at radius 3 is 2.88 bits per heavy atom. The molecule has 1 aromatic carbocycles. The SMILES string of the molecule is C=CC1N=C(c2cccc(Cl)c2)NC=C1Cl. The number of rotatable bonds is 2. The van der Waals surface area contributed by atoms with Gasteiger partial charge in [0.25, 0.3) is 0 Å². The highest BCUT2D eigenvalue weighted by Gasteiger charge is 2.14. The Hall–Kier alpha value is -1.25. The van der Waals surface area contributed by atoms with Gasteiger partial charge in [0.15, 0.2) is 0 Å². The summed E-state index contributed by atoms with van der Waals surface area (Å²) >= 11 is 11.9. The number of halogens is 2. The summed E-state index contributed by atoms with van der Waals surface area (Å²) in [6.07, 6.45) is 3.42. The number of nitrogens with zero attached hydrogens (tertiary/aromatic N) is 1. The van der Waals surface area contributed by atoms with Crippen molar-refractivity contribution in [2.75, 3.05) is 0 Å². The minimum atomic E-state index is -0.183. The Labute approximate surface area is 104 Å². The molecule has 16 heavy (non-hydrogen) atoms. The lowest BCUT2D eigenvalue weighted by molar-refractivity contribution is 0.947. The first kappa shape index (κ1) is 11.2. The van der Waals surface area contributed by atoms with Crippen molar-refractivity contribution in [3.05, 3.63) is 58.7 Å². The lowest BCUT2D eigenvalue weighted by Gasteiger charge is -2.17. The van der Waals surface area contributed by atoms with E-state index < -0.39 is 0 Å². The molecule has 4 heteroatoms. The van der Waals surface area contributed by atoms with Crippen LogP contribution in [0.15, 0.2) is 53.1 Å². The molecule has 2 nitrogen and oxygen atoms in total. The van der Waals surface area contributed by atoms with Crippen LogP contribution in [0.4, 0.5) is 0 Å². The quantitative estimate of drug-likeness (QED) is 0.803. The molecule has 2 rings (SSSR count). The maximum atomic E-state index is 5.96. The monoisotopic (exact) mass is 252 g/mol. The predicted molar refractivity (Wildman–Crippen MR) is 69.0 cm³/mol. The maximum Gasteiger partial charge on any atom is 0.133 e. The molecule has 0 saturated carbocycles. The van der Waals surface area contributed by atoms with E-state index in [1.807, 2.05) is 24.3 Å². The molecule has 0 aromatic heterocycles. The molecule has 0 aliphatic carbocycles. The van der Waals surface area contributed by atoms with E-state index >= 15 is 0 Å². The van der Waals surface area contributed by atoms with Crippen molar-refractivity contribution in [2.24, 2.45) is 4.99 Å². The standard InChI is InChI=1S/C12H10Cl2N2/c1-2-11-10(14)7-15-12(16-11)8-4-3-5-9(13)6-8/h2-7,11H,1H2,(H,15,16). The van der Waals surface area contributed by atoms with Crippen LogP contribution in [0.3, 0.4) is 0 Å². The predicted octanol–water partition coefficient (Wildman–Crippen LogP) is 3.32. The Morgan fingerprint density at radius 1 is 1.38 bits per heavy atom. The van der Waals surface area contributed by atoms with Crippen LogP contribution in [0.1, 0.15) is 5.56 Å². The van der Waals surface area contributed by atoms with Gasteiger partial charge in [-0.25, -0.2) is 0 Å². The first-order valence-electron chi connectivity index (χ1n) is 4.79. The highest BCUT2D eigenvalue weighted by molar-refractivity contribution is 6.31. The van der Waals surface area contributed by atoms with E-state index in [1.54, 1.807) is 12.3 Å². The van der Waals surface area contributed by atoms with Crippen LogP contribution in [-0.4, -0.2) is 11.9 Å². The molecule has 82 valence electrons. The summed E-state index contributed by atoms with van der Waals surface area (Å²) < 4.78 is 0. The van der Waals surface area contributed by atoms with E-state index in [1.165, 1.54) is 0 Å². The molecule has 0 radical (unpaired) electrons. The molecule has 1 aliphatic rings. The first-order valence-corrected chi connectivity index (χ1v) is 5.54. The van der Waals surface area contributed by atoms with E-state index in [9.17, 15) is 0 Å². The summed E-state index contributed by atoms with van der Waals surface area (Å²) in [5.74, 6) is 0.747. The molecule has 0 spiro atoms. The third-order valence-electron chi connectivity index (χ3n) is 2.22. The highest BCUT2D eigenvalue weighted by Crippen LogP contribution is 2.18. The van der Waals surface area contributed by atoms with Gasteiger partial charge in [0.05, 0.1) is 5.03 Å². The third kappa shape index (κ3) is 2.29. The van der Waals surface area contributed by atoms with Crippen molar-refractivity contribution in [3.63, 3.8) is 0 Å². The second-order valence-electron chi connectivity index (χ2n) is 3.34. The Bertz CT molecular complexity index is 478. The number of nitrogens with one attached hydrogen (secondary N) is 1. The molecular weight excluding hydrogens is 243 g/mol. The van der Waals surface area contributed by atoms with E-state index in [2.05, 4.69) is 16.9 Å². The largest absolute Gasteiger partial charge is 0.345 e. The fraction of sp³-hybridized carbons (Fsp3) is 0.0833. The van der Waals surface area contributed by atoms with Gasteiger partial charge in [0, 0.05) is 16.8 Å². The summed E-state index contributed by atoms with van der Waals surface area (Å²) in [6.45, 7) is 3.69. The minimum Gasteiger partial charge on any atom is -0.345 e. The average Bonchev–Trinajstić information content (AvgIpc) is 2.29. The maximum absolute atomic E-state index is 5.96. The van der Waals surface area contributed by atoms with Gasteiger partial charge in [-0.05, 0) is 12.1 Å². The zero-order valence-corrected chi connectivity index (χ0v) is 9.96. The molecule has 1 unspecified atom stereocenters. The Kier molecular flexibility index (Phi) is 3.32. The van der Waals surface area contributed by atoms with Gasteiger partial charge in [-0.2, -0.15) is 0 Å². The van der Waals surface area contributed by atoms with E-state index in [4.69, 9.17) is 23.2 Å². The van der Waals surface area contributed by atoms with Crippen LogP contribution in [0, 0.1) is 0 Å². The van der Waals surface area contributed by atoms with Crippen molar-refractivity contribution in [1.82, 2.24) is 5.32 Å². The summed E-state index contributed by atoms with van der Waals surface area (Å²) in [6, 6.07) is 7.30. The van der Waals surface area contributed by atoms with Gasteiger partial charge in [-0.1, -0.05) is 41.4 Å². The minimum absolute atomic E-state index is 0.183. The van der Waals surface area contributed by atoms with Crippen LogP contribution < -0.4 is 5.32 Å². The molecule has 1 aliphatic heterocycles. The van der Waals surface area contributed by atoms with Crippen LogP contribution in [0.25, 0.3) is 0 Å². The smallest absolute Gasteiger partial charge is 0.133 e. The molecule has 0 saturated heterocycles. The molecule has 1 heterocycles. The van der Waals surface area contributed by atoms with Gasteiger partial charge in [-0.15, -0.1) is 6.58 Å². The highest BCUT2D eigenvalue weighted by atomic mass is 35.5. The second kappa shape index (κ2) is 4.73. The summed E-state index contributed by atoms with van der Waals surface area (Å²) in [5, 5.41) is 4.33. The van der Waals surface area contributed by atoms with Crippen LogP contribution >= 0.6 is 23.2 Å². The van der Waals surface area contributed by atoms with Crippen LogP contribution in [0.2, 0.25) is 5.02 Å². The lowest BCUT2D eigenvalue weighted by Crippen LogP contribution is -2.26. The number of amidine groups is 1. The Balaban J connectivity index is 2.33. The first-order chi connectivity index (χ1) is 7.70. The average molecular weight is 253 g/mol. The normalized spacial score (nSPS) is 19.5. The van der Waals surface area contributed by atoms with Crippen LogP contribution in [-0.2, 0) is 0 Å². The molecule has 0 fully saturated rings. The van der Waals surface area contributed by atoms with Gasteiger partial charge >= 0.3 is 0 Å². The fourth-order valence-electron chi connectivity index (χ4n) is 1.42. The Morgan fingerprint density at radius 2 is 2.19 bits per heavy atom. The zero-order valence-electron chi connectivity index (χ0n) is 8.45. The number of hydrogen-bond donors (Lipinski definition) is 1. The van der Waals surface area contributed by atoms with Crippen molar-refractivity contribution < 1.29 is 0 Å². The molecular formula is C12H10Cl2N2. The summed E-state index contributed by atoms with van der Waals surface area (Å²) in [7, 11) is 0. The molecule has 1 N–H and O–H groups in total. The lowest BCUT2D eigenvalue weighted by atomic mass is 10.1. The van der Waals surface area contributed by atoms with E-state index in [0.29, 0.717) is 10.1 Å². The number of hydrogen-bond acceptors (Lipinski definition) is 2. The molecule has 1 atom stereocenters. The van der Waals surface area contributed by atoms with Crippen molar-refractivity contribution in [1.29, 1.82) is 0 Å². The number of aliphatic imine (C=N–C) groups is 1. The van der Waals surface area contributed by atoms with Gasteiger partial charge in [-0.3, -0.25) is 4.99 Å². The zero-order chi connectivity index (χ0) is 11.5. The van der Waals surface area contributed by atoms with Gasteiger partial charge in [0.1, 0.15) is 11.9 Å². The summed E-state index contributed by atoms with van der Waals surface area (Å²) in [5.41, 5.74) is 0.930. The molecule has 0 bridgehead atoms. The molecule has 0 amide bonds. The van der Waals surface area contributed by atoms with Crippen LogP contribution in [0.5, 0.6) is 0 Å². The van der Waals surface area contributed by atoms with Crippen molar-refractivity contribution in [2.45, 2.75) is 6.04 Å². The van der Waals surface area contributed by atoms with E-state index in [-0.39, 0.29) is 6.04 Å². The summed E-state index contributed by atoms with van der Waals surface area (Å²) in [4.78, 5) is 4.42. The third-order valence-corrected chi connectivity index (χ3v) is 2.79. The second-order valence-corrected chi connectivity index (χ2v) is 4.22. The van der Waals surface area contributed by atoms with Gasteiger partial charge < -0.3 is 5.32 Å². The fourth-order valence-corrected chi connectivity index (χ4v) is 1.80. The molecule has 1 aromatic rings. The van der Waals surface area contributed by atoms with Crippen molar-refractivity contribution >= 4 is 29.0 Å².